The Balaban J connectivity index is 1.76. The maximum absolute atomic E-state index is 11.1. The molecular formula is C17H16N4O2Se. The van der Waals surface area contributed by atoms with Crippen molar-refractivity contribution in [1.82, 2.24) is 15.5 Å². The monoisotopic (exact) mass is 388 g/mol. The molecule has 2 aromatic carbocycles. The average molecular weight is 387 g/mol. The summed E-state index contributed by atoms with van der Waals surface area (Å²) in [4.78, 5) is 11.1. The molecule has 0 aliphatic rings. The summed E-state index contributed by atoms with van der Waals surface area (Å²) in [6, 6.07) is 19.1. The fraction of sp³-hybridized carbons (Fsp3) is 0.118. The van der Waals surface area contributed by atoms with E-state index in [1.54, 1.807) is 0 Å². The van der Waals surface area contributed by atoms with Crippen molar-refractivity contribution in [2.24, 2.45) is 0 Å². The standard InChI is InChI=1S/C17H16N4O2Se/c22-17(23)19-14(11-12-7-3-1-4-8-12)15-20-21-16(24-15)18-13-9-5-2-6-10-13/h1-10,14,19H,11H2,(H,18,21)(H,22,23). The van der Waals surface area contributed by atoms with Gasteiger partial charge in [-0.2, -0.15) is 0 Å². The van der Waals surface area contributed by atoms with Crippen molar-refractivity contribution >= 4 is 31.0 Å². The van der Waals surface area contributed by atoms with Gasteiger partial charge in [0, 0.05) is 0 Å². The molecular weight excluding hydrogens is 371 g/mol. The molecule has 0 aliphatic carbocycles. The molecule has 0 bridgehead atoms. The van der Waals surface area contributed by atoms with Crippen molar-refractivity contribution in [1.29, 1.82) is 0 Å². The molecule has 0 radical (unpaired) electrons. The molecule has 3 rings (SSSR count). The van der Waals surface area contributed by atoms with E-state index in [2.05, 4.69) is 20.8 Å². The molecule has 0 saturated carbocycles. The normalized spacial score (nSPS) is 11.7. The summed E-state index contributed by atoms with van der Waals surface area (Å²) in [5, 5.41) is 23.3. The molecule has 1 aromatic heterocycles. The van der Waals surface area contributed by atoms with Gasteiger partial charge >= 0.3 is 145 Å². The van der Waals surface area contributed by atoms with Crippen LogP contribution < -0.4 is 10.6 Å². The van der Waals surface area contributed by atoms with Gasteiger partial charge in [0.15, 0.2) is 0 Å². The zero-order chi connectivity index (χ0) is 16.8. The van der Waals surface area contributed by atoms with Crippen molar-refractivity contribution in [3.05, 3.63) is 70.8 Å². The number of anilines is 2. The van der Waals surface area contributed by atoms with Crippen LogP contribution in [-0.2, 0) is 6.42 Å². The number of rotatable bonds is 6. The second kappa shape index (κ2) is 7.77. The SMILES string of the molecule is O=C(O)NC(Cc1ccccc1)c1nnc(Nc2ccccc2)[se]1. The zero-order valence-electron chi connectivity index (χ0n) is 12.7. The van der Waals surface area contributed by atoms with Gasteiger partial charge in [0.05, 0.1) is 0 Å². The predicted molar refractivity (Wildman–Crippen MR) is 92.7 cm³/mol. The Labute approximate surface area is 145 Å². The molecule has 24 heavy (non-hydrogen) atoms. The topological polar surface area (TPSA) is 87.1 Å². The number of para-hydroxylation sites is 1. The summed E-state index contributed by atoms with van der Waals surface area (Å²) >= 11 is -0.141. The number of hydrogen-bond acceptors (Lipinski definition) is 4. The molecule has 7 heteroatoms. The van der Waals surface area contributed by atoms with Gasteiger partial charge in [-0.25, -0.2) is 0 Å². The van der Waals surface area contributed by atoms with E-state index in [0.717, 1.165) is 20.5 Å². The van der Waals surface area contributed by atoms with Gasteiger partial charge in [-0.3, -0.25) is 0 Å². The third kappa shape index (κ3) is 4.44. The molecule has 1 heterocycles. The van der Waals surface area contributed by atoms with E-state index in [-0.39, 0.29) is 20.5 Å². The van der Waals surface area contributed by atoms with Crippen LogP contribution in [0.15, 0.2) is 60.7 Å². The van der Waals surface area contributed by atoms with Crippen molar-refractivity contribution in [2.45, 2.75) is 12.5 Å². The second-order valence-corrected chi connectivity index (χ2v) is 7.25. The van der Waals surface area contributed by atoms with E-state index in [4.69, 9.17) is 5.11 Å². The van der Waals surface area contributed by atoms with Gasteiger partial charge in [0.25, 0.3) is 0 Å². The summed E-state index contributed by atoms with van der Waals surface area (Å²) in [6.45, 7) is 0. The summed E-state index contributed by atoms with van der Waals surface area (Å²) in [6.07, 6.45) is -0.499. The van der Waals surface area contributed by atoms with Crippen LogP contribution in [0.4, 0.5) is 15.2 Å². The Bertz CT molecular complexity index is 793. The van der Waals surface area contributed by atoms with Crippen LogP contribution in [-0.4, -0.2) is 35.9 Å². The third-order valence-corrected chi connectivity index (χ3v) is 5.34. The molecule has 1 atom stereocenters. The number of amides is 1. The summed E-state index contributed by atoms with van der Waals surface area (Å²) in [5.74, 6) is 0. The van der Waals surface area contributed by atoms with Gasteiger partial charge < -0.3 is 0 Å². The number of hydrogen-bond donors (Lipinski definition) is 3. The van der Waals surface area contributed by atoms with E-state index in [1.807, 2.05) is 60.7 Å². The molecule has 0 spiro atoms. The van der Waals surface area contributed by atoms with E-state index in [0.29, 0.717) is 6.42 Å². The number of aromatic nitrogens is 2. The number of nitrogens with zero attached hydrogens (tertiary/aromatic N) is 2. The number of carbonyl (C=O) groups is 1. The zero-order valence-corrected chi connectivity index (χ0v) is 14.4. The minimum atomic E-state index is -1.06. The second-order valence-electron chi connectivity index (χ2n) is 5.13. The number of nitrogens with one attached hydrogen (secondary N) is 2. The van der Waals surface area contributed by atoms with Crippen LogP contribution in [0.25, 0.3) is 0 Å². The number of carboxylic acid groups (broad SMARTS) is 1. The van der Waals surface area contributed by atoms with Crippen LogP contribution in [0.1, 0.15) is 16.2 Å². The molecule has 3 aromatic rings. The Kier molecular flexibility index (Phi) is 5.25. The fourth-order valence-corrected chi connectivity index (χ4v) is 3.98. The summed E-state index contributed by atoms with van der Waals surface area (Å²) in [5.41, 5.74) is 2.00. The Hall–Kier alpha value is -2.63. The molecule has 0 saturated heterocycles. The Morgan fingerprint density at radius 2 is 1.71 bits per heavy atom. The van der Waals surface area contributed by atoms with Crippen LogP contribution in [0.5, 0.6) is 0 Å². The number of benzene rings is 2. The van der Waals surface area contributed by atoms with Crippen molar-refractivity contribution in [3.63, 3.8) is 0 Å². The van der Waals surface area contributed by atoms with Gasteiger partial charge in [-0.05, 0) is 0 Å². The van der Waals surface area contributed by atoms with E-state index < -0.39 is 6.09 Å². The summed E-state index contributed by atoms with van der Waals surface area (Å²) in [7, 11) is 0. The first-order valence-electron chi connectivity index (χ1n) is 7.39. The summed E-state index contributed by atoms with van der Waals surface area (Å²) < 4.78 is 1.54. The molecule has 122 valence electrons. The van der Waals surface area contributed by atoms with Gasteiger partial charge in [0.2, 0.25) is 0 Å². The predicted octanol–water partition coefficient (Wildman–Crippen LogP) is 2.83. The Morgan fingerprint density at radius 1 is 1.04 bits per heavy atom. The van der Waals surface area contributed by atoms with Crippen LogP contribution in [0.3, 0.4) is 0 Å². The first kappa shape index (κ1) is 16.2. The van der Waals surface area contributed by atoms with Gasteiger partial charge in [0.1, 0.15) is 0 Å². The van der Waals surface area contributed by atoms with Crippen molar-refractivity contribution in [3.8, 4) is 0 Å². The van der Waals surface area contributed by atoms with Crippen LogP contribution >= 0.6 is 0 Å². The quantitative estimate of drug-likeness (QED) is 0.567. The van der Waals surface area contributed by atoms with Gasteiger partial charge in [-0.1, -0.05) is 0 Å². The fourth-order valence-electron chi connectivity index (χ4n) is 2.27. The third-order valence-electron chi connectivity index (χ3n) is 3.34. The van der Waals surface area contributed by atoms with Crippen molar-refractivity contribution in [2.75, 3.05) is 5.32 Å². The van der Waals surface area contributed by atoms with Gasteiger partial charge in [-0.15, -0.1) is 0 Å². The molecule has 0 aliphatic heterocycles. The molecule has 1 amide bonds. The molecule has 1 unspecified atom stereocenters. The van der Waals surface area contributed by atoms with E-state index >= 15 is 0 Å². The first-order chi connectivity index (χ1) is 11.7. The molecule has 6 nitrogen and oxygen atoms in total. The van der Waals surface area contributed by atoms with E-state index in [1.165, 1.54) is 0 Å². The van der Waals surface area contributed by atoms with E-state index in [9.17, 15) is 4.79 Å². The molecule has 0 fully saturated rings. The first-order valence-corrected chi connectivity index (χ1v) is 9.11. The van der Waals surface area contributed by atoms with Crippen LogP contribution in [0.2, 0.25) is 0 Å². The average Bonchev–Trinajstić information content (AvgIpc) is 3.04. The van der Waals surface area contributed by atoms with Crippen molar-refractivity contribution < 1.29 is 9.90 Å². The van der Waals surface area contributed by atoms with Crippen LogP contribution in [0, 0.1) is 0 Å². The Morgan fingerprint density at radius 3 is 2.38 bits per heavy atom. The minimum absolute atomic E-state index is 0.141. The molecule has 3 N–H and O–H groups in total. The maximum atomic E-state index is 11.1.